The molecule has 1 aromatic heterocycles. The molecule has 0 aliphatic carbocycles. The summed E-state index contributed by atoms with van der Waals surface area (Å²) >= 11 is 7.30. The smallest absolute Gasteiger partial charge is 0.338 e. The molecule has 0 radical (unpaired) electrons. The molecular formula is C16H17ClN2O5S2. The Morgan fingerprint density at radius 2 is 2.00 bits per heavy atom. The number of primary sulfonamides is 1. The summed E-state index contributed by atoms with van der Waals surface area (Å²) in [5, 5.41) is 6.87. The minimum absolute atomic E-state index is 0.0667. The van der Waals surface area contributed by atoms with Crippen LogP contribution in [0.5, 0.6) is 0 Å². The van der Waals surface area contributed by atoms with Crippen LogP contribution in [-0.4, -0.2) is 38.8 Å². The van der Waals surface area contributed by atoms with E-state index in [-0.39, 0.29) is 21.4 Å². The van der Waals surface area contributed by atoms with Gasteiger partial charge in [-0.05, 0) is 42.1 Å². The van der Waals surface area contributed by atoms with Gasteiger partial charge >= 0.3 is 5.97 Å². The zero-order valence-electron chi connectivity index (χ0n) is 14.1. The maximum atomic E-state index is 12.1. The summed E-state index contributed by atoms with van der Waals surface area (Å²) in [7, 11) is -2.47. The number of ether oxygens (including phenoxy) is 1. The summed E-state index contributed by atoms with van der Waals surface area (Å²) in [4.78, 5) is 26.3. The number of carbonyl (C=O) groups is 2. The molecule has 1 aromatic carbocycles. The Hall–Kier alpha value is -1.94. The van der Waals surface area contributed by atoms with E-state index in [1.165, 1.54) is 28.4 Å². The van der Waals surface area contributed by atoms with Crippen LogP contribution in [-0.2, 0) is 26.1 Å². The van der Waals surface area contributed by atoms with Crippen LogP contribution in [0.15, 0.2) is 34.5 Å². The monoisotopic (exact) mass is 416 g/mol. The lowest BCUT2D eigenvalue weighted by Crippen LogP contribution is -2.30. The van der Waals surface area contributed by atoms with E-state index < -0.39 is 22.6 Å². The average Bonchev–Trinajstić information content (AvgIpc) is 2.96. The number of esters is 1. The predicted octanol–water partition coefficient (Wildman–Crippen LogP) is 2.17. The average molecular weight is 417 g/mol. The molecule has 2 rings (SSSR count). The molecule has 7 nitrogen and oxygen atoms in total. The number of carbonyl (C=O) groups excluding carboxylic acids is 2. The van der Waals surface area contributed by atoms with Crippen molar-refractivity contribution < 1.29 is 22.7 Å². The fourth-order valence-electron chi connectivity index (χ4n) is 2.04. The number of aryl methyl sites for hydroxylation is 1. The van der Waals surface area contributed by atoms with Gasteiger partial charge in [-0.2, -0.15) is 0 Å². The summed E-state index contributed by atoms with van der Waals surface area (Å²) in [5.41, 5.74) is 1.02. The highest BCUT2D eigenvalue weighted by Crippen LogP contribution is 2.22. The van der Waals surface area contributed by atoms with Gasteiger partial charge < -0.3 is 9.64 Å². The van der Waals surface area contributed by atoms with E-state index in [9.17, 15) is 18.0 Å². The van der Waals surface area contributed by atoms with Crippen molar-refractivity contribution in [3.8, 4) is 0 Å². The van der Waals surface area contributed by atoms with Gasteiger partial charge in [-0.25, -0.2) is 18.4 Å². The quantitative estimate of drug-likeness (QED) is 0.726. The third-order valence-electron chi connectivity index (χ3n) is 3.57. The van der Waals surface area contributed by atoms with Gasteiger partial charge in [0.2, 0.25) is 10.0 Å². The maximum absolute atomic E-state index is 12.1. The summed E-state index contributed by atoms with van der Waals surface area (Å²) in [6.07, 6.45) is 0. The van der Waals surface area contributed by atoms with Gasteiger partial charge in [0, 0.05) is 11.9 Å². The first-order valence-electron chi connectivity index (χ1n) is 7.36. The number of benzene rings is 1. The molecule has 0 saturated carbocycles. The first-order valence-corrected chi connectivity index (χ1v) is 10.2. The highest BCUT2D eigenvalue weighted by Gasteiger charge is 2.19. The summed E-state index contributed by atoms with van der Waals surface area (Å²) in [5.74, 6) is -1.23. The Morgan fingerprint density at radius 3 is 2.58 bits per heavy atom. The molecule has 0 bridgehead atoms. The first-order chi connectivity index (χ1) is 12.1. The lowest BCUT2D eigenvalue weighted by atomic mass is 10.2. The van der Waals surface area contributed by atoms with Crippen LogP contribution in [0.25, 0.3) is 0 Å². The minimum Gasteiger partial charge on any atom is -0.452 e. The Labute approximate surface area is 160 Å². The van der Waals surface area contributed by atoms with Crippen LogP contribution in [0, 0.1) is 6.92 Å². The fraction of sp³-hybridized carbons (Fsp3) is 0.250. The van der Waals surface area contributed by atoms with Crippen LogP contribution in [0.4, 0.5) is 0 Å². The molecule has 0 fully saturated rings. The lowest BCUT2D eigenvalue weighted by molar-refractivity contribution is -0.133. The number of amides is 1. The van der Waals surface area contributed by atoms with Crippen LogP contribution in [0.2, 0.25) is 5.02 Å². The van der Waals surface area contributed by atoms with Crippen LogP contribution in [0.3, 0.4) is 0 Å². The van der Waals surface area contributed by atoms with Gasteiger partial charge in [0.15, 0.2) is 6.61 Å². The Morgan fingerprint density at radius 1 is 1.31 bits per heavy atom. The number of sulfonamides is 1. The van der Waals surface area contributed by atoms with Gasteiger partial charge in [-0.1, -0.05) is 11.6 Å². The molecule has 26 heavy (non-hydrogen) atoms. The van der Waals surface area contributed by atoms with Crippen LogP contribution < -0.4 is 5.14 Å². The van der Waals surface area contributed by atoms with Gasteiger partial charge in [0.05, 0.1) is 17.1 Å². The van der Waals surface area contributed by atoms with E-state index in [4.69, 9.17) is 21.5 Å². The van der Waals surface area contributed by atoms with Crippen molar-refractivity contribution in [2.45, 2.75) is 18.4 Å². The fourth-order valence-corrected chi connectivity index (χ4v) is 4.07. The van der Waals surface area contributed by atoms with Crippen molar-refractivity contribution >= 4 is 44.8 Å². The SMILES string of the molecule is Cc1ccsc1CN(C)C(=O)COC(=O)c1ccc(Cl)c(S(N)(=O)=O)c1. The van der Waals surface area contributed by atoms with Crippen molar-refractivity contribution in [1.82, 2.24) is 4.90 Å². The van der Waals surface area contributed by atoms with Gasteiger partial charge in [-0.3, -0.25) is 4.79 Å². The van der Waals surface area contributed by atoms with Crippen molar-refractivity contribution in [2.75, 3.05) is 13.7 Å². The zero-order chi connectivity index (χ0) is 19.5. The summed E-state index contributed by atoms with van der Waals surface area (Å²) < 4.78 is 27.9. The highest BCUT2D eigenvalue weighted by molar-refractivity contribution is 7.89. The standard InChI is InChI=1S/C16H17ClN2O5S2/c1-10-5-6-25-13(10)8-19(2)15(20)9-24-16(21)11-3-4-12(17)14(7-11)26(18,22)23/h3-7H,8-9H2,1-2H3,(H2,18,22,23). The molecule has 2 N–H and O–H groups in total. The van der Waals surface area contributed by atoms with E-state index in [2.05, 4.69) is 0 Å². The number of hydrogen-bond donors (Lipinski definition) is 1. The van der Waals surface area contributed by atoms with Crippen molar-refractivity contribution in [3.63, 3.8) is 0 Å². The maximum Gasteiger partial charge on any atom is 0.338 e. The highest BCUT2D eigenvalue weighted by atomic mass is 35.5. The van der Waals surface area contributed by atoms with E-state index in [1.54, 1.807) is 7.05 Å². The van der Waals surface area contributed by atoms with Gasteiger partial charge in [0.25, 0.3) is 5.91 Å². The van der Waals surface area contributed by atoms with Gasteiger partial charge in [0.1, 0.15) is 4.90 Å². The molecular weight excluding hydrogens is 400 g/mol. The van der Waals surface area contributed by atoms with Crippen molar-refractivity contribution in [3.05, 3.63) is 50.7 Å². The van der Waals surface area contributed by atoms with E-state index >= 15 is 0 Å². The number of nitrogens with two attached hydrogens (primary N) is 1. The molecule has 1 heterocycles. The number of likely N-dealkylation sites (N-methyl/N-ethyl adjacent to an activating group) is 1. The molecule has 140 valence electrons. The van der Waals surface area contributed by atoms with Crippen LogP contribution >= 0.6 is 22.9 Å². The molecule has 0 atom stereocenters. The third-order valence-corrected chi connectivity index (χ3v) is 5.98. The predicted molar refractivity (Wildman–Crippen MR) is 98.6 cm³/mol. The number of rotatable bonds is 6. The van der Waals surface area contributed by atoms with Gasteiger partial charge in [-0.15, -0.1) is 11.3 Å². The van der Waals surface area contributed by atoms with Crippen molar-refractivity contribution in [2.24, 2.45) is 5.14 Å². The van der Waals surface area contributed by atoms with E-state index in [0.29, 0.717) is 6.54 Å². The molecule has 0 saturated heterocycles. The second kappa shape index (κ2) is 8.17. The molecule has 10 heteroatoms. The topological polar surface area (TPSA) is 107 Å². The number of hydrogen-bond acceptors (Lipinski definition) is 6. The molecule has 1 amide bonds. The van der Waals surface area contributed by atoms with Crippen LogP contribution in [0.1, 0.15) is 20.8 Å². The largest absolute Gasteiger partial charge is 0.452 e. The summed E-state index contributed by atoms with van der Waals surface area (Å²) in [6.45, 7) is 1.90. The number of halogens is 1. The molecule has 0 unspecified atom stereocenters. The van der Waals surface area contributed by atoms with Crippen molar-refractivity contribution in [1.29, 1.82) is 0 Å². The molecule has 0 spiro atoms. The molecule has 2 aromatic rings. The third kappa shape index (κ3) is 5.04. The zero-order valence-corrected chi connectivity index (χ0v) is 16.5. The minimum atomic E-state index is -4.08. The molecule has 0 aliphatic heterocycles. The normalized spacial score (nSPS) is 11.2. The molecule has 0 aliphatic rings. The Kier molecular flexibility index (Phi) is 6.40. The number of thiophene rings is 1. The summed E-state index contributed by atoms with van der Waals surface area (Å²) in [6, 6.07) is 5.50. The first kappa shape index (κ1) is 20.4. The van der Waals surface area contributed by atoms with E-state index in [1.807, 2.05) is 18.4 Å². The second-order valence-electron chi connectivity index (χ2n) is 5.54. The lowest BCUT2D eigenvalue weighted by Gasteiger charge is -2.17. The second-order valence-corrected chi connectivity index (χ2v) is 8.48. The number of nitrogens with zero attached hydrogens (tertiary/aromatic N) is 1. The van der Waals surface area contributed by atoms with E-state index in [0.717, 1.165) is 16.5 Å². The Balaban J connectivity index is 2.00. The Bertz CT molecular complexity index is 940.